The number of rotatable bonds is 10. The summed E-state index contributed by atoms with van der Waals surface area (Å²) in [4.78, 5) is 43.3. The van der Waals surface area contributed by atoms with E-state index in [1.54, 1.807) is 0 Å². The molecule has 0 fully saturated rings. The minimum absolute atomic E-state index is 0.0129. The molecule has 15 heteroatoms. The normalized spacial score (nSPS) is 12.6. The average molecular weight is 428 g/mol. The van der Waals surface area contributed by atoms with E-state index >= 15 is 0 Å². The first-order valence-electron chi connectivity index (χ1n) is 7.59. The number of nitrogens with two attached hydrogens (primary N) is 5. The lowest BCUT2D eigenvalue weighted by Gasteiger charge is -2.03. The average Bonchev–Trinajstić information content (AvgIpc) is 2.57. The van der Waals surface area contributed by atoms with Crippen molar-refractivity contribution in [2.75, 3.05) is 12.3 Å². The molecule has 0 bridgehead atoms. The molecule has 3 atom stereocenters. The van der Waals surface area contributed by atoms with Crippen molar-refractivity contribution in [3.8, 4) is 0 Å². The third-order valence-electron chi connectivity index (χ3n) is 2.51. The van der Waals surface area contributed by atoms with Gasteiger partial charge in [0.2, 0.25) is 0 Å². The number of hydrogen-bond donors (Lipinski definition) is 10. The number of carbonyl (C=O) groups is 4. The molecular formula is C13H28N6O8S. The van der Waals surface area contributed by atoms with E-state index in [1.807, 2.05) is 0 Å². The lowest BCUT2D eigenvalue weighted by Crippen LogP contribution is -2.32. The second kappa shape index (κ2) is 17.8. The van der Waals surface area contributed by atoms with Gasteiger partial charge >= 0.3 is 23.9 Å². The van der Waals surface area contributed by atoms with E-state index in [0.717, 1.165) is 0 Å². The van der Waals surface area contributed by atoms with Crippen LogP contribution in [0.1, 0.15) is 19.3 Å². The summed E-state index contributed by atoms with van der Waals surface area (Å²) < 4.78 is 0. The highest BCUT2D eigenvalue weighted by molar-refractivity contribution is 7.80. The molecule has 164 valence electrons. The molecule has 0 aromatic rings. The maximum atomic E-state index is 10.2. The van der Waals surface area contributed by atoms with E-state index in [4.69, 9.17) is 49.1 Å². The van der Waals surface area contributed by atoms with Gasteiger partial charge in [0.05, 0.1) is 6.42 Å². The second-order valence-corrected chi connectivity index (χ2v) is 5.43. The van der Waals surface area contributed by atoms with E-state index in [1.165, 1.54) is 0 Å². The molecular weight excluding hydrogens is 400 g/mol. The number of nitrogens with zero attached hydrogens (tertiary/aromatic N) is 1. The van der Waals surface area contributed by atoms with E-state index in [2.05, 4.69) is 17.6 Å². The van der Waals surface area contributed by atoms with Crippen LogP contribution in [-0.4, -0.2) is 80.7 Å². The van der Waals surface area contributed by atoms with Crippen molar-refractivity contribution in [1.29, 1.82) is 0 Å². The van der Waals surface area contributed by atoms with Gasteiger partial charge in [-0.3, -0.25) is 24.2 Å². The van der Waals surface area contributed by atoms with E-state index in [-0.39, 0.29) is 11.7 Å². The van der Waals surface area contributed by atoms with Gasteiger partial charge < -0.3 is 49.1 Å². The molecule has 0 amide bonds. The Bertz CT molecular complexity index is 529. The van der Waals surface area contributed by atoms with Gasteiger partial charge in [-0.25, -0.2) is 0 Å². The molecule has 14 nitrogen and oxygen atoms in total. The van der Waals surface area contributed by atoms with Crippen molar-refractivity contribution in [2.24, 2.45) is 33.7 Å². The molecule has 0 aliphatic heterocycles. The zero-order valence-corrected chi connectivity index (χ0v) is 15.9. The van der Waals surface area contributed by atoms with Crippen LogP contribution in [0, 0.1) is 0 Å². The fraction of sp³-hybridized carbons (Fsp3) is 0.615. The first-order chi connectivity index (χ1) is 12.8. The van der Waals surface area contributed by atoms with Gasteiger partial charge in [0.15, 0.2) is 5.96 Å². The molecule has 28 heavy (non-hydrogen) atoms. The molecule has 0 aromatic carbocycles. The summed E-state index contributed by atoms with van der Waals surface area (Å²) in [5.41, 5.74) is 25.1. The predicted octanol–water partition coefficient (Wildman–Crippen LogP) is -3.35. The Balaban J connectivity index is -0.000000349. The number of hydrogen-bond acceptors (Lipinski definition) is 9. The van der Waals surface area contributed by atoms with E-state index in [0.29, 0.717) is 19.4 Å². The highest BCUT2D eigenvalue weighted by Crippen LogP contribution is 1.94. The first kappa shape index (κ1) is 30.1. The summed E-state index contributed by atoms with van der Waals surface area (Å²) in [6.45, 7) is 0.420. The van der Waals surface area contributed by atoms with Gasteiger partial charge in [-0.05, 0) is 12.8 Å². The van der Waals surface area contributed by atoms with Crippen LogP contribution >= 0.6 is 12.6 Å². The first-order valence-corrected chi connectivity index (χ1v) is 8.22. The van der Waals surface area contributed by atoms with Crippen molar-refractivity contribution in [3.05, 3.63) is 0 Å². The van der Waals surface area contributed by atoms with Crippen LogP contribution in [0.2, 0.25) is 0 Å². The molecule has 0 saturated heterocycles. The summed E-state index contributed by atoms with van der Waals surface area (Å²) in [5.74, 6) is -4.30. The van der Waals surface area contributed by atoms with Crippen molar-refractivity contribution < 1.29 is 39.6 Å². The Labute approximate surface area is 166 Å². The van der Waals surface area contributed by atoms with E-state index < -0.39 is 48.4 Å². The fourth-order valence-electron chi connectivity index (χ4n) is 0.996. The van der Waals surface area contributed by atoms with Crippen molar-refractivity contribution in [2.45, 2.75) is 37.4 Å². The SMILES string of the molecule is NC(CC(=O)O)C(=O)O.NC(CS)C(=O)O.NC(N)=NCCCC(N)C(=O)O. The molecule has 0 aromatic heterocycles. The zero-order chi connectivity index (χ0) is 22.9. The molecule has 0 aliphatic carbocycles. The quantitative estimate of drug-likeness (QED) is 0.0704. The van der Waals surface area contributed by atoms with Crippen molar-refractivity contribution in [1.82, 2.24) is 0 Å². The van der Waals surface area contributed by atoms with Gasteiger partial charge in [0.1, 0.15) is 18.1 Å². The van der Waals surface area contributed by atoms with Gasteiger partial charge in [-0.15, -0.1) is 0 Å². The van der Waals surface area contributed by atoms with Crippen LogP contribution in [0.4, 0.5) is 0 Å². The smallest absolute Gasteiger partial charge is 0.321 e. The minimum atomic E-state index is -1.29. The van der Waals surface area contributed by atoms with Crippen LogP contribution in [0.3, 0.4) is 0 Å². The van der Waals surface area contributed by atoms with Crippen molar-refractivity contribution >= 4 is 42.5 Å². The Morgan fingerprint density at radius 1 is 0.821 bits per heavy atom. The molecule has 0 radical (unpaired) electrons. The number of guanidine groups is 1. The maximum Gasteiger partial charge on any atom is 0.321 e. The summed E-state index contributed by atoms with van der Waals surface area (Å²) >= 11 is 3.65. The lowest BCUT2D eigenvalue weighted by atomic mass is 10.2. The molecule has 14 N–H and O–H groups in total. The number of carboxylic acids is 4. The van der Waals surface area contributed by atoms with Gasteiger partial charge in [0, 0.05) is 12.3 Å². The zero-order valence-electron chi connectivity index (χ0n) is 15.0. The highest BCUT2D eigenvalue weighted by Gasteiger charge is 2.14. The summed E-state index contributed by atoms with van der Waals surface area (Å²) in [6, 6.07) is -2.93. The van der Waals surface area contributed by atoms with Crippen LogP contribution in [-0.2, 0) is 19.2 Å². The van der Waals surface area contributed by atoms with Crippen molar-refractivity contribution in [3.63, 3.8) is 0 Å². The maximum absolute atomic E-state index is 10.2. The van der Waals surface area contributed by atoms with E-state index in [9.17, 15) is 19.2 Å². The number of thiol groups is 1. The third kappa shape index (κ3) is 23.4. The molecule has 3 unspecified atom stereocenters. The molecule has 0 rings (SSSR count). The largest absolute Gasteiger partial charge is 0.481 e. The van der Waals surface area contributed by atoms with Crippen LogP contribution < -0.4 is 28.7 Å². The Hall–Kier alpha value is -2.62. The Kier molecular flexibility index (Phi) is 19.1. The molecule has 0 spiro atoms. The van der Waals surface area contributed by atoms with Gasteiger partial charge in [-0.2, -0.15) is 12.6 Å². The monoisotopic (exact) mass is 428 g/mol. The second-order valence-electron chi connectivity index (χ2n) is 5.06. The number of aliphatic carboxylic acids is 4. The fourth-order valence-corrected chi connectivity index (χ4v) is 1.15. The number of aliphatic imine (C=N–C) groups is 1. The van der Waals surface area contributed by atoms with Crippen LogP contribution in [0.15, 0.2) is 4.99 Å². The Morgan fingerprint density at radius 2 is 1.25 bits per heavy atom. The third-order valence-corrected chi connectivity index (χ3v) is 2.90. The summed E-state index contributed by atoms with van der Waals surface area (Å²) in [6.07, 6.45) is 0.423. The summed E-state index contributed by atoms with van der Waals surface area (Å²) in [7, 11) is 0. The Morgan fingerprint density at radius 3 is 1.46 bits per heavy atom. The molecule has 0 heterocycles. The summed E-state index contributed by atoms with van der Waals surface area (Å²) in [5, 5.41) is 32.4. The van der Waals surface area contributed by atoms with Gasteiger partial charge in [0.25, 0.3) is 0 Å². The van der Waals surface area contributed by atoms with Crippen LogP contribution in [0.5, 0.6) is 0 Å². The van der Waals surface area contributed by atoms with Gasteiger partial charge in [-0.1, -0.05) is 0 Å². The highest BCUT2D eigenvalue weighted by atomic mass is 32.1. The number of carboxylic acid groups (broad SMARTS) is 4. The molecule has 0 saturated carbocycles. The lowest BCUT2D eigenvalue weighted by molar-refractivity contribution is -0.144. The van der Waals surface area contributed by atoms with Crippen LogP contribution in [0.25, 0.3) is 0 Å². The minimum Gasteiger partial charge on any atom is -0.481 e. The molecule has 0 aliphatic rings. The topological polar surface area (TPSA) is 292 Å². The standard InChI is InChI=1S/C6H14N4O2.C4H7NO4.C3H7NO2S/c7-4(5(11)12)2-1-3-10-6(8)9;5-2(4(8)9)1-3(6)7;4-2(1-7)3(5)6/h4H,1-3,7H2,(H,11,12)(H4,8,9,10);2H,1,5H2,(H,6,7)(H,8,9);2,7H,1,4H2,(H,5,6). The predicted molar refractivity (Wildman–Crippen MR) is 103 cm³/mol.